The van der Waals surface area contributed by atoms with Gasteiger partial charge in [0, 0.05) is 19.8 Å². The molecule has 1 aliphatic heterocycles. The second-order valence-electron chi connectivity index (χ2n) is 4.89. The van der Waals surface area contributed by atoms with E-state index in [2.05, 4.69) is 4.98 Å². The maximum Gasteiger partial charge on any atom is 0.264 e. The molecule has 1 aromatic heterocycles. The number of aromatic nitrogens is 2. The van der Waals surface area contributed by atoms with Gasteiger partial charge in [-0.05, 0) is 30.9 Å². The van der Waals surface area contributed by atoms with E-state index in [-0.39, 0.29) is 10.9 Å². The van der Waals surface area contributed by atoms with Gasteiger partial charge in [0.1, 0.15) is 11.2 Å². The highest BCUT2D eigenvalue weighted by atomic mass is 19.1. The third kappa shape index (κ3) is 2.38. The van der Waals surface area contributed by atoms with Crippen molar-refractivity contribution in [2.45, 2.75) is 19.4 Å². The summed E-state index contributed by atoms with van der Waals surface area (Å²) in [6.45, 7) is 2.04. The van der Waals surface area contributed by atoms with Crippen molar-refractivity contribution >= 4 is 10.9 Å². The van der Waals surface area contributed by atoms with Crippen molar-refractivity contribution in [1.82, 2.24) is 9.55 Å². The summed E-state index contributed by atoms with van der Waals surface area (Å²) in [7, 11) is 0. The number of hydrogen-bond donors (Lipinski definition) is 0. The highest BCUT2D eigenvalue weighted by Crippen LogP contribution is 2.17. The fraction of sp³-hybridized carbons (Fsp3) is 0.429. The Morgan fingerprint density at radius 1 is 1.37 bits per heavy atom. The lowest BCUT2D eigenvalue weighted by Crippen LogP contribution is -2.28. The van der Waals surface area contributed by atoms with E-state index < -0.39 is 5.82 Å². The molecule has 2 aromatic rings. The summed E-state index contributed by atoms with van der Waals surface area (Å²) >= 11 is 0. The van der Waals surface area contributed by atoms with Crippen LogP contribution in [-0.4, -0.2) is 22.8 Å². The minimum absolute atomic E-state index is 0.0806. The molecule has 0 saturated carbocycles. The van der Waals surface area contributed by atoms with Crippen LogP contribution in [0.2, 0.25) is 0 Å². The van der Waals surface area contributed by atoms with Crippen molar-refractivity contribution < 1.29 is 9.13 Å². The normalized spacial score (nSPS) is 16.9. The minimum Gasteiger partial charge on any atom is -0.381 e. The lowest BCUT2D eigenvalue weighted by atomic mass is 10.0. The molecule has 1 fully saturated rings. The van der Waals surface area contributed by atoms with Crippen LogP contribution in [0.15, 0.2) is 29.3 Å². The highest BCUT2D eigenvalue weighted by molar-refractivity contribution is 5.77. The number of hydrogen-bond acceptors (Lipinski definition) is 3. The molecule has 0 radical (unpaired) electrons. The quantitative estimate of drug-likeness (QED) is 0.831. The molecular formula is C14H15FN2O2. The van der Waals surface area contributed by atoms with Gasteiger partial charge >= 0.3 is 0 Å². The summed E-state index contributed by atoms with van der Waals surface area (Å²) in [6.07, 6.45) is 3.38. The molecule has 0 bridgehead atoms. The van der Waals surface area contributed by atoms with Crippen molar-refractivity contribution in [2.75, 3.05) is 13.2 Å². The minimum atomic E-state index is -0.503. The van der Waals surface area contributed by atoms with Crippen LogP contribution in [0.4, 0.5) is 4.39 Å². The molecule has 0 aliphatic carbocycles. The van der Waals surface area contributed by atoms with Crippen LogP contribution in [0.25, 0.3) is 10.9 Å². The zero-order valence-corrected chi connectivity index (χ0v) is 10.5. The summed E-state index contributed by atoms with van der Waals surface area (Å²) in [5.74, 6) is -0.103. The molecule has 1 aliphatic rings. The zero-order chi connectivity index (χ0) is 13.2. The number of rotatable bonds is 2. The number of nitrogens with zero attached hydrogens (tertiary/aromatic N) is 2. The Morgan fingerprint density at radius 2 is 2.16 bits per heavy atom. The average molecular weight is 262 g/mol. The molecule has 5 heteroatoms. The predicted molar refractivity (Wildman–Crippen MR) is 69.5 cm³/mol. The van der Waals surface area contributed by atoms with E-state index in [9.17, 15) is 9.18 Å². The average Bonchev–Trinajstić information content (AvgIpc) is 2.43. The van der Waals surface area contributed by atoms with Crippen LogP contribution in [0.1, 0.15) is 12.8 Å². The Labute approximate surface area is 109 Å². The largest absolute Gasteiger partial charge is 0.381 e. The Hall–Kier alpha value is -1.75. The third-order valence-corrected chi connectivity index (χ3v) is 3.60. The van der Waals surface area contributed by atoms with Crippen LogP contribution in [0, 0.1) is 11.7 Å². The second kappa shape index (κ2) is 5.09. The summed E-state index contributed by atoms with van der Waals surface area (Å²) < 4.78 is 20.5. The number of halogens is 1. The molecule has 2 heterocycles. The number of benzene rings is 1. The van der Waals surface area contributed by atoms with Crippen LogP contribution >= 0.6 is 0 Å². The monoisotopic (exact) mass is 262 g/mol. The van der Waals surface area contributed by atoms with Gasteiger partial charge in [-0.15, -0.1) is 0 Å². The Kier molecular flexibility index (Phi) is 3.29. The van der Waals surface area contributed by atoms with Crippen LogP contribution in [0.3, 0.4) is 0 Å². The van der Waals surface area contributed by atoms with E-state index in [4.69, 9.17) is 4.74 Å². The first-order valence-corrected chi connectivity index (χ1v) is 6.47. The Morgan fingerprint density at radius 3 is 2.95 bits per heavy atom. The van der Waals surface area contributed by atoms with Gasteiger partial charge in [-0.25, -0.2) is 9.37 Å². The molecule has 19 heavy (non-hydrogen) atoms. The molecule has 0 N–H and O–H groups in total. The van der Waals surface area contributed by atoms with E-state index >= 15 is 0 Å². The summed E-state index contributed by atoms with van der Waals surface area (Å²) in [6, 6.07) is 4.51. The maximum absolute atomic E-state index is 13.7. The van der Waals surface area contributed by atoms with Gasteiger partial charge < -0.3 is 4.74 Å². The summed E-state index contributed by atoms with van der Waals surface area (Å²) in [4.78, 5) is 16.4. The molecule has 4 nitrogen and oxygen atoms in total. The molecule has 0 atom stereocenters. The highest BCUT2D eigenvalue weighted by Gasteiger charge is 2.16. The van der Waals surface area contributed by atoms with Gasteiger partial charge in [0.25, 0.3) is 5.56 Å². The SMILES string of the molecule is O=c1c2c(F)cccc2ncn1CC1CCOCC1. The molecule has 1 aromatic carbocycles. The van der Waals surface area contributed by atoms with Crippen molar-refractivity contribution in [2.24, 2.45) is 5.92 Å². The first-order valence-electron chi connectivity index (χ1n) is 6.47. The van der Waals surface area contributed by atoms with Crippen LogP contribution < -0.4 is 5.56 Å². The fourth-order valence-corrected chi connectivity index (χ4v) is 2.50. The molecule has 0 amide bonds. The lowest BCUT2D eigenvalue weighted by Gasteiger charge is -2.22. The van der Waals surface area contributed by atoms with Gasteiger partial charge in [0.2, 0.25) is 0 Å². The third-order valence-electron chi connectivity index (χ3n) is 3.60. The van der Waals surface area contributed by atoms with Gasteiger partial charge in [0.15, 0.2) is 0 Å². The molecule has 3 rings (SSSR count). The number of fused-ring (bicyclic) bond motifs is 1. The van der Waals surface area contributed by atoms with E-state index in [0.717, 1.165) is 26.1 Å². The van der Waals surface area contributed by atoms with E-state index in [1.807, 2.05) is 0 Å². The molecule has 100 valence electrons. The molecule has 0 unspecified atom stereocenters. The predicted octanol–water partition coefficient (Wildman–Crippen LogP) is 1.96. The zero-order valence-electron chi connectivity index (χ0n) is 10.5. The van der Waals surface area contributed by atoms with Crippen LogP contribution in [0.5, 0.6) is 0 Å². The number of ether oxygens (including phenoxy) is 1. The second-order valence-corrected chi connectivity index (χ2v) is 4.89. The van der Waals surface area contributed by atoms with Crippen molar-refractivity contribution in [3.8, 4) is 0 Å². The Bertz CT molecular complexity index is 647. The lowest BCUT2D eigenvalue weighted by molar-refractivity contribution is 0.0609. The van der Waals surface area contributed by atoms with Gasteiger partial charge in [-0.2, -0.15) is 0 Å². The first kappa shape index (κ1) is 12.3. The molecular weight excluding hydrogens is 247 g/mol. The van der Waals surface area contributed by atoms with Crippen molar-refractivity contribution in [1.29, 1.82) is 0 Å². The summed E-state index contributed by atoms with van der Waals surface area (Å²) in [5, 5.41) is 0.0806. The van der Waals surface area contributed by atoms with Gasteiger partial charge in [-0.3, -0.25) is 9.36 Å². The van der Waals surface area contributed by atoms with Crippen molar-refractivity contribution in [3.63, 3.8) is 0 Å². The standard InChI is InChI=1S/C14H15FN2O2/c15-11-2-1-3-12-13(11)14(18)17(9-16-12)8-10-4-6-19-7-5-10/h1-3,9-10H,4-8H2. The van der Waals surface area contributed by atoms with Crippen molar-refractivity contribution in [3.05, 3.63) is 40.7 Å². The van der Waals surface area contributed by atoms with E-state index in [0.29, 0.717) is 18.0 Å². The van der Waals surface area contributed by atoms with E-state index in [1.54, 1.807) is 12.1 Å². The van der Waals surface area contributed by atoms with Gasteiger partial charge in [0.05, 0.1) is 11.8 Å². The molecule has 0 spiro atoms. The maximum atomic E-state index is 13.7. The van der Waals surface area contributed by atoms with Crippen LogP contribution in [-0.2, 0) is 11.3 Å². The topological polar surface area (TPSA) is 44.1 Å². The molecule has 1 saturated heterocycles. The van der Waals surface area contributed by atoms with E-state index in [1.165, 1.54) is 17.0 Å². The fourth-order valence-electron chi connectivity index (χ4n) is 2.50. The Balaban J connectivity index is 1.98. The van der Waals surface area contributed by atoms with Gasteiger partial charge in [-0.1, -0.05) is 6.07 Å². The first-order chi connectivity index (χ1) is 9.25. The smallest absolute Gasteiger partial charge is 0.264 e. The summed E-state index contributed by atoms with van der Waals surface area (Å²) in [5.41, 5.74) is 0.114.